The first-order chi connectivity index (χ1) is 15.1. The van der Waals surface area contributed by atoms with Gasteiger partial charge >= 0.3 is 6.09 Å². The Kier molecular flexibility index (Phi) is 7.96. The Morgan fingerprint density at radius 2 is 1.71 bits per heavy atom. The molecule has 3 aromatic rings. The number of thioether (sulfide) groups is 1. The number of rotatable bonds is 6. The van der Waals surface area contributed by atoms with Gasteiger partial charge in [-0.1, -0.05) is 60.3 Å². The molecule has 0 saturated carbocycles. The topological polar surface area (TPSA) is 110 Å². The largest absolute Gasteiger partial charge is 0.450 e. The number of benzene rings is 2. The fraction of sp³-hybridized carbons (Fsp3) is 0.150. The van der Waals surface area contributed by atoms with Crippen LogP contribution in [-0.2, 0) is 9.53 Å². The van der Waals surface area contributed by atoms with Crippen LogP contribution in [-0.4, -0.2) is 44.2 Å². The zero-order valence-electron chi connectivity index (χ0n) is 16.6. The van der Waals surface area contributed by atoms with Crippen molar-refractivity contribution in [2.75, 3.05) is 12.4 Å². The van der Waals surface area contributed by atoms with E-state index >= 15 is 0 Å². The van der Waals surface area contributed by atoms with Crippen LogP contribution in [0.2, 0.25) is 0 Å². The van der Waals surface area contributed by atoms with E-state index in [1.165, 1.54) is 11.8 Å². The Morgan fingerprint density at radius 3 is 2.39 bits per heavy atom. The van der Waals surface area contributed by atoms with Crippen molar-refractivity contribution in [2.45, 2.75) is 12.1 Å². The standard InChI is InChI=1S/C20H20N6O3S2/c1-2-29-20(28)21-18(30)24-22-16(27)13-31-19-25-23-17(14-9-5-3-6-10-14)26(19)15-11-7-4-8-12-15/h3-12H,2,13H2,1H3,(H,22,27)(H2,21,24,28,30). The second-order valence-corrected chi connectivity index (χ2v) is 7.33. The summed E-state index contributed by atoms with van der Waals surface area (Å²) in [6.07, 6.45) is -0.701. The lowest BCUT2D eigenvalue weighted by molar-refractivity contribution is -0.119. The van der Waals surface area contributed by atoms with E-state index in [0.29, 0.717) is 11.0 Å². The van der Waals surface area contributed by atoms with Gasteiger partial charge in [0, 0.05) is 11.3 Å². The van der Waals surface area contributed by atoms with Crippen molar-refractivity contribution in [3.05, 3.63) is 60.7 Å². The van der Waals surface area contributed by atoms with Gasteiger partial charge in [0.2, 0.25) is 5.91 Å². The van der Waals surface area contributed by atoms with Gasteiger partial charge in [0.25, 0.3) is 0 Å². The zero-order valence-corrected chi connectivity index (χ0v) is 18.2. The van der Waals surface area contributed by atoms with Crippen LogP contribution in [0.4, 0.5) is 4.79 Å². The second kappa shape index (κ2) is 11.1. The Morgan fingerprint density at radius 1 is 1.03 bits per heavy atom. The third-order valence-electron chi connectivity index (χ3n) is 3.82. The molecule has 160 valence electrons. The molecule has 11 heteroatoms. The summed E-state index contributed by atoms with van der Waals surface area (Å²) in [5.74, 6) is 0.365. The predicted octanol–water partition coefficient (Wildman–Crippen LogP) is 2.68. The van der Waals surface area contributed by atoms with E-state index in [-0.39, 0.29) is 23.4 Å². The van der Waals surface area contributed by atoms with Gasteiger partial charge in [0.1, 0.15) is 0 Å². The molecule has 0 atom stereocenters. The van der Waals surface area contributed by atoms with Crippen molar-refractivity contribution in [3.8, 4) is 17.1 Å². The van der Waals surface area contributed by atoms with Crippen LogP contribution in [0.5, 0.6) is 0 Å². The fourth-order valence-electron chi connectivity index (χ4n) is 2.53. The van der Waals surface area contributed by atoms with Crippen molar-refractivity contribution < 1.29 is 14.3 Å². The molecule has 0 fully saturated rings. The van der Waals surface area contributed by atoms with Crippen molar-refractivity contribution in [2.24, 2.45) is 0 Å². The van der Waals surface area contributed by atoms with Gasteiger partial charge in [-0.25, -0.2) is 4.79 Å². The Labute approximate surface area is 188 Å². The summed E-state index contributed by atoms with van der Waals surface area (Å²) in [6, 6.07) is 19.4. The van der Waals surface area contributed by atoms with Gasteiger partial charge in [-0.05, 0) is 31.3 Å². The number of carbonyl (C=O) groups excluding carboxylic acids is 2. The van der Waals surface area contributed by atoms with Crippen LogP contribution in [0.15, 0.2) is 65.8 Å². The molecule has 0 bridgehead atoms. The lowest BCUT2D eigenvalue weighted by Gasteiger charge is -2.11. The summed E-state index contributed by atoms with van der Waals surface area (Å²) in [6.45, 7) is 1.89. The van der Waals surface area contributed by atoms with Crippen molar-refractivity contribution in [3.63, 3.8) is 0 Å². The lowest BCUT2D eigenvalue weighted by atomic mass is 10.2. The minimum absolute atomic E-state index is 0.0504. The Balaban J connectivity index is 1.67. The van der Waals surface area contributed by atoms with Crippen LogP contribution in [0.1, 0.15) is 6.92 Å². The molecule has 1 heterocycles. The van der Waals surface area contributed by atoms with E-state index in [0.717, 1.165) is 11.3 Å². The molecule has 0 aliphatic rings. The number of nitrogens with zero attached hydrogens (tertiary/aromatic N) is 3. The summed E-state index contributed by atoms with van der Waals surface area (Å²) in [5.41, 5.74) is 6.66. The summed E-state index contributed by atoms with van der Waals surface area (Å²) in [7, 11) is 0. The zero-order chi connectivity index (χ0) is 22.1. The summed E-state index contributed by atoms with van der Waals surface area (Å²) in [5, 5.41) is 11.4. The second-order valence-electron chi connectivity index (χ2n) is 5.98. The number of carbonyl (C=O) groups is 2. The van der Waals surface area contributed by atoms with Crippen LogP contribution in [0.25, 0.3) is 17.1 Å². The molecule has 0 unspecified atom stereocenters. The van der Waals surface area contributed by atoms with Crippen molar-refractivity contribution in [1.29, 1.82) is 0 Å². The molecule has 0 aliphatic carbocycles. The van der Waals surface area contributed by atoms with Gasteiger partial charge in [-0.2, -0.15) is 0 Å². The van der Waals surface area contributed by atoms with E-state index in [1.807, 2.05) is 65.2 Å². The van der Waals surface area contributed by atoms with Gasteiger partial charge in [-0.3, -0.25) is 25.5 Å². The average Bonchev–Trinajstić information content (AvgIpc) is 3.21. The monoisotopic (exact) mass is 456 g/mol. The first kappa shape index (κ1) is 22.2. The highest BCUT2D eigenvalue weighted by atomic mass is 32.2. The van der Waals surface area contributed by atoms with Crippen LogP contribution in [0, 0.1) is 0 Å². The number of nitrogens with one attached hydrogen (secondary N) is 3. The van der Waals surface area contributed by atoms with Crippen molar-refractivity contribution in [1.82, 2.24) is 30.9 Å². The molecule has 0 aliphatic heterocycles. The van der Waals surface area contributed by atoms with E-state index in [4.69, 9.17) is 17.0 Å². The van der Waals surface area contributed by atoms with Gasteiger partial charge in [-0.15, -0.1) is 10.2 Å². The molecule has 2 aromatic carbocycles. The maximum atomic E-state index is 12.2. The summed E-state index contributed by atoms with van der Waals surface area (Å²) >= 11 is 6.13. The highest BCUT2D eigenvalue weighted by Gasteiger charge is 2.17. The Hall–Kier alpha value is -3.44. The SMILES string of the molecule is CCOC(=O)NC(=S)NNC(=O)CSc1nnc(-c2ccccc2)n1-c1ccccc1. The van der Waals surface area contributed by atoms with Crippen molar-refractivity contribution >= 4 is 41.1 Å². The van der Waals surface area contributed by atoms with Crippen LogP contribution in [0.3, 0.4) is 0 Å². The highest BCUT2D eigenvalue weighted by Crippen LogP contribution is 2.27. The molecular formula is C20H20N6O3S2. The third kappa shape index (κ3) is 6.27. The molecule has 31 heavy (non-hydrogen) atoms. The maximum absolute atomic E-state index is 12.2. The number of para-hydroxylation sites is 1. The number of hydrazine groups is 1. The minimum Gasteiger partial charge on any atom is -0.450 e. The number of ether oxygens (including phenoxy) is 1. The number of hydrogen-bond acceptors (Lipinski definition) is 7. The first-order valence-corrected chi connectivity index (χ1v) is 10.7. The molecule has 0 radical (unpaired) electrons. The molecule has 0 saturated heterocycles. The number of hydrogen-bond donors (Lipinski definition) is 3. The summed E-state index contributed by atoms with van der Waals surface area (Å²) < 4.78 is 6.60. The maximum Gasteiger partial charge on any atom is 0.413 e. The van der Waals surface area contributed by atoms with E-state index in [1.54, 1.807) is 6.92 Å². The van der Waals surface area contributed by atoms with Gasteiger partial charge in [0.15, 0.2) is 16.1 Å². The molecule has 9 nitrogen and oxygen atoms in total. The summed E-state index contributed by atoms with van der Waals surface area (Å²) in [4.78, 5) is 23.5. The lowest BCUT2D eigenvalue weighted by Crippen LogP contribution is -2.49. The molecule has 3 N–H and O–H groups in total. The minimum atomic E-state index is -0.701. The van der Waals surface area contributed by atoms with Crippen LogP contribution >= 0.6 is 24.0 Å². The van der Waals surface area contributed by atoms with Gasteiger partial charge in [0.05, 0.1) is 12.4 Å². The van der Waals surface area contributed by atoms with E-state index in [2.05, 4.69) is 26.4 Å². The van der Waals surface area contributed by atoms with Gasteiger partial charge < -0.3 is 4.74 Å². The molecule has 0 spiro atoms. The van der Waals surface area contributed by atoms with E-state index < -0.39 is 6.09 Å². The first-order valence-electron chi connectivity index (χ1n) is 9.30. The normalized spacial score (nSPS) is 10.2. The molecule has 1 aromatic heterocycles. The average molecular weight is 457 g/mol. The quantitative estimate of drug-likeness (QED) is 0.295. The number of aromatic nitrogens is 3. The third-order valence-corrected chi connectivity index (χ3v) is 4.95. The van der Waals surface area contributed by atoms with Crippen LogP contribution < -0.4 is 16.2 Å². The Bertz CT molecular complexity index is 1040. The number of amides is 2. The molecule has 3 rings (SSSR count). The number of alkyl carbamates (subject to hydrolysis) is 1. The molecular weight excluding hydrogens is 436 g/mol. The number of thiocarbonyl (C=S) groups is 1. The smallest absolute Gasteiger partial charge is 0.413 e. The predicted molar refractivity (Wildman–Crippen MR) is 122 cm³/mol. The van der Waals surface area contributed by atoms with E-state index in [9.17, 15) is 9.59 Å². The molecule has 2 amide bonds. The fourth-order valence-corrected chi connectivity index (χ4v) is 3.42. The highest BCUT2D eigenvalue weighted by molar-refractivity contribution is 7.99.